The zero-order valence-electron chi connectivity index (χ0n) is 10.6. The molecule has 1 aromatic carbocycles. The van der Waals surface area contributed by atoms with Gasteiger partial charge in [0.05, 0.1) is 4.92 Å². The Balaban J connectivity index is 0.00000180. The highest BCUT2D eigenvalue weighted by Gasteiger charge is 2.20. The van der Waals surface area contributed by atoms with Crippen LogP contribution in [0.25, 0.3) is 0 Å². The van der Waals surface area contributed by atoms with E-state index in [1.54, 1.807) is 12.1 Å². The highest BCUT2D eigenvalue weighted by molar-refractivity contribution is 6.32. The summed E-state index contributed by atoms with van der Waals surface area (Å²) < 4.78 is 0. The normalized spacial score (nSPS) is 18.4. The second kappa shape index (κ2) is 7.05. The van der Waals surface area contributed by atoms with Crippen LogP contribution >= 0.6 is 24.0 Å². The number of nitrogens with one attached hydrogen (secondary N) is 1. The van der Waals surface area contributed by atoms with Gasteiger partial charge in [-0.1, -0.05) is 17.7 Å². The molecule has 2 rings (SSSR count). The number of rotatable bonds is 4. The number of halogens is 2. The number of nitro benzene ring substituents is 1. The molecule has 19 heavy (non-hydrogen) atoms. The first-order chi connectivity index (χ1) is 8.58. The van der Waals surface area contributed by atoms with E-state index in [0.29, 0.717) is 12.6 Å². The Bertz CT molecular complexity index is 451. The van der Waals surface area contributed by atoms with Gasteiger partial charge in [0.1, 0.15) is 5.02 Å². The maximum atomic E-state index is 10.8. The highest BCUT2D eigenvalue weighted by atomic mass is 35.5. The van der Waals surface area contributed by atoms with Crippen LogP contribution < -0.4 is 5.32 Å². The van der Waals surface area contributed by atoms with Crippen molar-refractivity contribution in [2.75, 3.05) is 20.1 Å². The van der Waals surface area contributed by atoms with Crippen LogP contribution in [0.2, 0.25) is 5.02 Å². The van der Waals surface area contributed by atoms with E-state index in [0.717, 1.165) is 25.1 Å². The first-order valence-corrected chi connectivity index (χ1v) is 6.29. The van der Waals surface area contributed by atoms with Crippen molar-refractivity contribution < 1.29 is 4.92 Å². The van der Waals surface area contributed by atoms with Gasteiger partial charge in [0, 0.05) is 25.2 Å². The minimum atomic E-state index is -0.442. The highest BCUT2D eigenvalue weighted by Crippen LogP contribution is 2.25. The van der Waals surface area contributed by atoms with Crippen LogP contribution in [0.3, 0.4) is 0 Å². The molecule has 1 heterocycles. The second-order valence-electron chi connectivity index (χ2n) is 4.60. The molecular weight excluding hydrogens is 289 g/mol. The van der Waals surface area contributed by atoms with Gasteiger partial charge in [-0.05, 0) is 31.6 Å². The molecule has 0 aromatic heterocycles. The van der Waals surface area contributed by atoms with E-state index in [-0.39, 0.29) is 23.1 Å². The van der Waals surface area contributed by atoms with Gasteiger partial charge in [0.25, 0.3) is 5.69 Å². The Kier molecular flexibility index (Phi) is 6.00. The van der Waals surface area contributed by atoms with Crippen LogP contribution in [0, 0.1) is 10.1 Å². The lowest BCUT2D eigenvalue weighted by atomic mass is 10.1. The van der Waals surface area contributed by atoms with Crippen molar-refractivity contribution in [1.82, 2.24) is 10.2 Å². The van der Waals surface area contributed by atoms with Crippen LogP contribution in [0.4, 0.5) is 5.69 Å². The summed E-state index contributed by atoms with van der Waals surface area (Å²) >= 11 is 5.79. The van der Waals surface area contributed by atoms with Gasteiger partial charge >= 0.3 is 0 Å². The average molecular weight is 306 g/mol. The summed E-state index contributed by atoms with van der Waals surface area (Å²) in [4.78, 5) is 12.6. The topological polar surface area (TPSA) is 58.4 Å². The molecule has 1 N–H and O–H groups in total. The quantitative estimate of drug-likeness (QED) is 0.686. The van der Waals surface area contributed by atoms with Crippen LogP contribution in [0.15, 0.2) is 18.2 Å². The Morgan fingerprint density at radius 3 is 2.89 bits per heavy atom. The van der Waals surface area contributed by atoms with E-state index in [9.17, 15) is 10.1 Å². The maximum absolute atomic E-state index is 10.8. The molecule has 1 saturated heterocycles. The summed E-state index contributed by atoms with van der Waals surface area (Å²) in [6.07, 6.45) is 1.12. The molecule has 106 valence electrons. The summed E-state index contributed by atoms with van der Waals surface area (Å²) in [6, 6.07) is 5.49. The van der Waals surface area contributed by atoms with Gasteiger partial charge in [-0.2, -0.15) is 0 Å². The molecular formula is C12H17Cl2N3O2. The third-order valence-electron chi connectivity index (χ3n) is 3.30. The van der Waals surface area contributed by atoms with E-state index < -0.39 is 4.92 Å². The molecule has 0 radical (unpaired) electrons. The summed E-state index contributed by atoms with van der Waals surface area (Å²) in [5.41, 5.74) is 0.896. The van der Waals surface area contributed by atoms with Crippen molar-refractivity contribution in [1.29, 1.82) is 0 Å². The third kappa shape index (κ3) is 4.04. The van der Waals surface area contributed by atoms with E-state index >= 15 is 0 Å². The standard InChI is InChI=1S/C12H16ClN3O2.ClH/c1-15(10-4-5-14-7-10)8-9-2-3-11(13)12(6-9)16(17)18;/h2-3,6,10,14H,4-5,7-8H2,1H3;1H. The molecule has 1 fully saturated rings. The Hall–Kier alpha value is -0.880. The van der Waals surface area contributed by atoms with Gasteiger partial charge in [-0.25, -0.2) is 0 Å². The van der Waals surface area contributed by atoms with Crippen LogP contribution in [-0.4, -0.2) is 36.0 Å². The summed E-state index contributed by atoms with van der Waals surface area (Å²) in [5.74, 6) is 0. The Morgan fingerprint density at radius 2 is 2.32 bits per heavy atom. The minimum absolute atomic E-state index is 0. The SMILES string of the molecule is CN(Cc1ccc(Cl)c([N+](=O)[O-])c1)C1CCNC1.Cl. The van der Waals surface area contributed by atoms with Gasteiger partial charge < -0.3 is 5.32 Å². The molecule has 1 unspecified atom stereocenters. The van der Waals surface area contributed by atoms with E-state index in [1.807, 2.05) is 13.1 Å². The minimum Gasteiger partial charge on any atom is -0.315 e. The third-order valence-corrected chi connectivity index (χ3v) is 3.62. The molecule has 1 aromatic rings. The van der Waals surface area contributed by atoms with Crippen molar-refractivity contribution in [3.63, 3.8) is 0 Å². The summed E-state index contributed by atoms with van der Waals surface area (Å²) in [7, 11) is 2.04. The molecule has 1 aliphatic rings. The van der Waals surface area contributed by atoms with E-state index in [2.05, 4.69) is 10.2 Å². The Labute approximate surface area is 123 Å². The molecule has 0 aliphatic carbocycles. The number of benzene rings is 1. The fourth-order valence-corrected chi connectivity index (χ4v) is 2.42. The first kappa shape index (κ1) is 16.2. The lowest BCUT2D eigenvalue weighted by Crippen LogP contribution is -2.32. The second-order valence-corrected chi connectivity index (χ2v) is 5.01. The lowest BCUT2D eigenvalue weighted by Gasteiger charge is -2.23. The molecule has 7 heteroatoms. The smallest absolute Gasteiger partial charge is 0.288 e. The van der Waals surface area contributed by atoms with Gasteiger partial charge in [-0.15, -0.1) is 12.4 Å². The molecule has 0 spiro atoms. The van der Waals surface area contributed by atoms with Crippen LogP contribution in [-0.2, 0) is 6.54 Å². The van der Waals surface area contributed by atoms with Crippen LogP contribution in [0.5, 0.6) is 0 Å². The average Bonchev–Trinajstić information content (AvgIpc) is 2.85. The lowest BCUT2D eigenvalue weighted by molar-refractivity contribution is -0.384. The maximum Gasteiger partial charge on any atom is 0.288 e. The first-order valence-electron chi connectivity index (χ1n) is 5.91. The number of likely N-dealkylation sites (N-methyl/N-ethyl adjacent to an activating group) is 1. The predicted octanol–water partition coefficient (Wildman–Crippen LogP) is 2.46. The summed E-state index contributed by atoms with van der Waals surface area (Å²) in [6.45, 7) is 2.71. The molecule has 5 nitrogen and oxygen atoms in total. The molecule has 0 bridgehead atoms. The van der Waals surface area contributed by atoms with Crippen molar-refractivity contribution in [2.24, 2.45) is 0 Å². The molecule has 0 amide bonds. The van der Waals surface area contributed by atoms with E-state index in [4.69, 9.17) is 11.6 Å². The number of nitrogens with zero attached hydrogens (tertiary/aromatic N) is 2. The summed E-state index contributed by atoms with van der Waals surface area (Å²) in [5, 5.41) is 14.3. The molecule has 1 atom stereocenters. The number of hydrogen-bond donors (Lipinski definition) is 1. The largest absolute Gasteiger partial charge is 0.315 e. The van der Waals surface area contributed by atoms with Gasteiger partial charge in [0.2, 0.25) is 0 Å². The predicted molar refractivity (Wildman–Crippen MR) is 78.1 cm³/mol. The van der Waals surface area contributed by atoms with Crippen molar-refractivity contribution >= 4 is 29.7 Å². The number of hydrogen-bond acceptors (Lipinski definition) is 4. The van der Waals surface area contributed by atoms with Crippen LogP contribution in [0.1, 0.15) is 12.0 Å². The van der Waals surface area contributed by atoms with Crippen molar-refractivity contribution in [2.45, 2.75) is 19.0 Å². The zero-order valence-corrected chi connectivity index (χ0v) is 12.2. The molecule has 1 aliphatic heterocycles. The van der Waals surface area contributed by atoms with Gasteiger partial charge in [0.15, 0.2) is 0 Å². The van der Waals surface area contributed by atoms with Crippen molar-refractivity contribution in [3.8, 4) is 0 Å². The fourth-order valence-electron chi connectivity index (χ4n) is 2.23. The Morgan fingerprint density at radius 1 is 1.58 bits per heavy atom. The zero-order chi connectivity index (χ0) is 13.1. The van der Waals surface area contributed by atoms with E-state index in [1.165, 1.54) is 0 Å². The monoisotopic (exact) mass is 305 g/mol. The fraction of sp³-hybridized carbons (Fsp3) is 0.500. The number of nitro groups is 1. The van der Waals surface area contributed by atoms with Crippen molar-refractivity contribution in [3.05, 3.63) is 38.9 Å². The van der Waals surface area contributed by atoms with Gasteiger partial charge in [-0.3, -0.25) is 15.0 Å². The molecule has 0 saturated carbocycles.